The number of aliphatic hydroxyl groups is 2. The van der Waals surface area contributed by atoms with Crippen LogP contribution in [0.15, 0.2) is 0 Å². The average Bonchev–Trinajstić information content (AvgIpc) is 3.14. The highest BCUT2D eigenvalue weighted by Crippen LogP contribution is 2.50. The molecule has 0 radical (unpaired) electrons. The van der Waals surface area contributed by atoms with Crippen molar-refractivity contribution < 1.29 is 29.2 Å². The fourth-order valence-electron chi connectivity index (χ4n) is 5.40. The Morgan fingerprint density at radius 2 is 0.792 bits per heavy atom. The van der Waals surface area contributed by atoms with Gasteiger partial charge >= 0.3 is 0 Å². The molecule has 6 heteroatoms. The molecule has 0 amide bonds. The predicted molar refractivity (Wildman–Crippen MR) is 83.1 cm³/mol. The maximum Gasteiger partial charge on any atom is 0.169 e. The molecule has 136 valence electrons. The zero-order chi connectivity index (χ0) is 16.4. The van der Waals surface area contributed by atoms with Crippen LogP contribution in [0.4, 0.5) is 0 Å². The van der Waals surface area contributed by atoms with E-state index < -0.39 is 48.2 Å². The van der Waals surface area contributed by atoms with Crippen LogP contribution in [0, 0.1) is 0 Å². The first-order chi connectivity index (χ1) is 11.6. The first-order valence-electron chi connectivity index (χ1n) is 9.69. The summed E-state index contributed by atoms with van der Waals surface area (Å²) in [4.78, 5) is 0. The number of fused-ring (bicyclic) bond motifs is 2. The maximum absolute atomic E-state index is 10.9. The second-order valence-corrected chi connectivity index (χ2v) is 8.25. The molecule has 6 atom stereocenters. The van der Waals surface area contributed by atoms with Crippen molar-refractivity contribution in [3.05, 3.63) is 0 Å². The third-order valence-corrected chi connectivity index (χ3v) is 6.63. The molecule has 2 heterocycles. The zero-order valence-corrected chi connectivity index (χ0v) is 14.1. The smallest absolute Gasteiger partial charge is 0.169 e. The molecule has 5 aliphatic rings. The van der Waals surface area contributed by atoms with Crippen molar-refractivity contribution in [2.24, 2.45) is 0 Å². The molecular weight excluding hydrogens is 312 g/mol. The van der Waals surface area contributed by atoms with Gasteiger partial charge in [0.25, 0.3) is 0 Å². The van der Waals surface area contributed by atoms with Gasteiger partial charge in [-0.3, -0.25) is 0 Å². The molecule has 0 bridgehead atoms. The van der Waals surface area contributed by atoms with Gasteiger partial charge in [0, 0.05) is 25.7 Å². The lowest BCUT2D eigenvalue weighted by Gasteiger charge is -2.38. The van der Waals surface area contributed by atoms with E-state index in [4.69, 9.17) is 18.9 Å². The maximum atomic E-state index is 10.9. The Kier molecular flexibility index (Phi) is 3.75. The van der Waals surface area contributed by atoms with Crippen molar-refractivity contribution in [1.82, 2.24) is 0 Å². The van der Waals surface area contributed by atoms with Crippen LogP contribution >= 0.6 is 0 Å². The number of rotatable bonds is 0. The topological polar surface area (TPSA) is 77.4 Å². The summed E-state index contributed by atoms with van der Waals surface area (Å²) in [6.07, 6.45) is 6.24. The van der Waals surface area contributed by atoms with Crippen molar-refractivity contribution in [1.29, 1.82) is 0 Å². The Bertz CT molecular complexity index is 412. The lowest BCUT2D eigenvalue weighted by molar-refractivity contribution is -0.224. The fraction of sp³-hybridized carbons (Fsp3) is 1.00. The Labute approximate surface area is 142 Å². The van der Waals surface area contributed by atoms with E-state index in [0.717, 1.165) is 51.4 Å². The second-order valence-electron chi connectivity index (χ2n) is 8.25. The van der Waals surface area contributed by atoms with Crippen LogP contribution in [0.1, 0.15) is 64.2 Å². The summed E-state index contributed by atoms with van der Waals surface area (Å²) in [5.74, 6) is -1.26. The van der Waals surface area contributed by atoms with Gasteiger partial charge in [0.1, 0.15) is 36.6 Å². The number of ether oxygens (including phenoxy) is 4. The number of hydrogen-bond acceptors (Lipinski definition) is 6. The first-order valence-corrected chi connectivity index (χ1v) is 9.69. The van der Waals surface area contributed by atoms with Gasteiger partial charge in [-0.25, -0.2) is 0 Å². The van der Waals surface area contributed by atoms with Crippen molar-refractivity contribution >= 4 is 0 Å². The lowest BCUT2D eigenvalue weighted by Crippen LogP contribution is -2.61. The van der Waals surface area contributed by atoms with Crippen molar-refractivity contribution in [3.8, 4) is 0 Å². The fourth-order valence-corrected chi connectivity index (χ4v) is 5.40. The van der Waals surface area contributed by atoms with Gasteiger partial charge in [0.2, 0.25) is 0 Å². The van der Waals surface area contributed by atoms with Gasteiger partial charge in [0.05, 0.1) is 0 Å². The van der Waals surface area contributed by atoms with Crippen LogP contribution in [-0.2, 0) is 18.9 Å². The Morgan fingerprint density at radius 1 is 0.500 bits per heavy atom. The van der Waals surface area contributed by atoms with Crippen molar-refractivity contribution in [2.45, 2.75) is 112 Å². The van der Waals surface area contributed by atoms with E-state index in [2.05, 4.69) is 0 Å². The third-order valence-electron chi connectivity index (χ3n) is 6.63. The van der Waals surface area contributed by atoms with Crippen LogP contribution in [0.25, 0.3) is 0 Å². The zero-order valence-electron chi connectivity index (χ0n) is 14.1. The summed E-state index contributed by atoms with van der Waals surface area (Å²) in [6, 6.07) is 0. The van der Waals surface area contributed by atoms with Crippen LogP contribution in [0.5, 0.6) is 0 Å². The summed E-state index contributed by atoms with van der Waals surface area (Å²) in [6.45, 7) is 0. The van der Waals surface area contributed by atoms with Gasteiger partial charge < -0.3 is 29.2 Å². The quantitative estimate of drug-likeness (QED) is 0.698. The highest BCUT2D eigenvalue weighted by atomic mass is 16.8. The highest BCUT2D eigenvalue weighted by Gasteiger charge is 2.65. The highest BCUT2D eigenvalue weighted by molar-refractivity contribution is 5.09. The molecule has 3 saturated carbocycles. The summed E-state index contributed by atoms with van der Waals surface area (Å²) in [7, 11) is 0. The second kappa shape index (κ2) is 5.63. The summed E-state index contributed by atoms with van der Waals surface area (Å²) in [5.41, 5.74) is 0. The third kappa shape index (κ3) is 2.31. The van der Waals surface area contributed by atoms with E-state index in [1.54, 1.807) is 0 Å². The molecule has 5 fully saturated rings. The van der Waals surface area contributed by atoms with E-state index >= 15 is 0 Å². The van der Waals surface area contributed by atoms with Gasteiger partial charge in [0.15, 0.2) is 11.6 Å². The minimum absolute atomic E-state index is 0.526. The molecule has 2 saturated heterocycles. The van der Waals surface area contributed by atoms with Crippen LogP contribution in [0.2, 0.25) is 0 Å². The Balaban J connectivity index is 1.38. The molecule has 5 rings (SSSR count). The van der Waals surface area contributed by atoms with E-state index in [1.807, 2.05) is 0 Å². The van der Waals surface area contributed by atoms with E-state index in [-0.39, 0.29) is 0 Å². The van der Waals surface area contributed by atoms with Crippen molar-refractivity contribution in [3.63, 3.8) is 0 Å². The molecule has 2 spiro atoms. The standard InChI is InChI=1S/C18H28O6/c19-11-13-14(22-17(21-13)7-3-1-4-8-17)12(20)16-15(11)23-18(24-16)9-5-2-6-10-18/h11-16,19-20H,1-10H2/t11?,12?,13-,14+,15+,16-. The van der Waals surface area contributed by atoms with Crippen LogP contribution < -0.4 is 0 Å². The van der Waals surface area contributed by atoms with Crippen molar-refractivity contribution in [2.75, 3.05) is 0 Å². The molecule has 0 aromatic rings. The van der Waals surface area contributed by atoms with Gasteiger partial charge in [-0.15, -0.1) is 0 Å². The molecule has 24 heavy (non-hydrogen) atoms. The molecule has 2 N–H and O–H groups in total. The average molecular weight is 340 g/mol. The van der Waals surface area contributed by atoms with Gasteiger partial charge in [-0.05, 0) is 25.7 Å². The monoisotopic (exact) mass is 340 g/mol. The minimum Gasteiger partial charge on any atom is -0.387 e. The number of hydrogen-bond donors (Lipinski definition) is 2. The van der Waals surface area contributed by atoms with E-state index in [1.165, 1.54) is 12.8 Å². The molecule has 6 nitrogen and oxygen atoms in total. The van der Waals surface area contributed by atoms with Gasteiger partial charge in [-0.1, -0.05) is 12.8 Å². The minimum atomic E-state index is -0.814. The van der Waals surface area contributed by atoms with Gasteiger partial charge in [-0.2, -0.15) is 0 Å². The Hall–Kier alpha value is -0.240. The summed E-state index contributed by atoms with van der Waals surface area (Å²) in [5, 5.41) is 21.7. The summed E-state index contributed by atoms with van der Waals surface area (Å²) >= 11 is 0. The molecule has 2 aliphatic heterocycles. The molecular formula is C18H28O6. The SMILES string of the molecule is OC1[C@H]2OC3(CCCCC3)O[C@H]2C(O)[C@H]2OC3(CCCCC3)O[C@@H]12. The Morgan fingerprint density at radius 3 is 1.08 bits per heavy atom. The van der Waals surface area contributed by atoms with Crippen LogP contribution in [0.3, 0.4) is 0 Å². The molecule has 3 aliphatic carbocycles. The normalized spacial score (nSPS) is 49.2. The summed E-state index contributed by atoms with van der Waals surface area (Å²) < 4.78 is 24.8. The molecule has 0 aromatic carbocycles. The first kappa shape index (κ1) is 16.0. The van der Waals surface area contributed by atoms with E-state index in [9.17, 15) is 10.2 Å². The largest absolute Gasteiger partial charge is 0.387 e. The van der Waals surface area contributed by atoms with Crippen LogP contribution in [-0.4, -0.2) is 58.4 Å². The molecule has 2 unspecified atom stereocenters. The predicted octanol–water partition coefficient (Wildman–Crippen LogP) is 1.61. The van der Waals surface area contributed by atoms with E-state index in [0.29, 0.717) is 0 Å². The molecule has 0 aromatic heterocycles. The lowest BCUT2D eigenvalue weighted by atomic mass is 9.85. The number of aliphatic hydroxyl groups excluding tert-OH is 2.